The minimum Gasteiger partial charge on any atom is -0.466 e. The number of hydrogen-bond donors (Lipinski definition) is 1. The van der Waals surface area contributed by atoms with Crippen molar-refractivity contribution in [2.45, 2.75) is 25.8 Å². The van der Waals surface area contributed by atoms with Gasteiger partial charge < -0.3 is 15.0 Å². The van der Waals surface area contributed by atoms with Crippen LogP contribution in [0.5, 0.6) is 0 Å². The third-order valence-electron chi connectivity index (χ3n) is 5.38. The van der Waals surface area contributed by atoms with Crippen LogP contribution in [0.4, 0.5) is 4.39 Å². The minimum absolute atomic E-state index is 0.0622. The maximum Gasteiger partial charge on any atom is 0.338 e. The number of nitrogens with one attached hydrogen (secondary N) is 1. The number of methoxy groups -OCH3 is 1. The molecule has 33 heavy (non-hydrogen) atoms. The van der Waals surface area contributed by atoms with E-state index in [1.807, 2.05) is 23.6 Å². The van der Waals surface area contributed by atoms with Gasteiger partial charge in [-0.3, -0.25) is 9.78 Å². The van der Waals surface area contributed by atoms with Crippen LogP contribution in [0.15, 0.2) is 76.0 Å². The molecule has 0 radical (unpaired) electrons. The fourth-order valence-corrected chi connectivity index (χ4v) is 4.80. The van der Waals surface area contributed by atoms with Gasteiger partial charge >= 0.3 is 5.97 Å². The number of amides is 1. The molecule has 1 atom stereocenters. The van der Waals surface area contributed by atoms with Crippen LogP contribution < -0.4 is 5.32 Å². The topological polar surface area (TPSA) is 83.9 Å². The summed E-state index contributed by atoms with van der Waals surface area (Å²) in [4.78, 5) is 35.9. The van der Waals surface area contributed by atoms with Crippen LogP contribution in [0, 0.1) is 5.82 Å². The SMILES string of the molecule is COC(=O)C1=C(C)N=C2SC=C(CC(=O)NCCc3ccccn3)N2C1c1ccccc1F. The zero-order chi connectivity index (χ0) is 23.4. The molecule has 2 aromatic rings. The third-order valence-corrected chi connectivity index (χ3v) is 6.27. The Bertz CT molecular complexity index is 1160. The highest BCUT2D eigenvalue weighted by Gasteiger charge is 2.41. The Morgan fingerprint density at radius 2 is 2.00 bits per heavy atom. The molecule has 0 aliphatic carbocycles. The lowest BCUT2D eigenvalue weighted by Crippen LogP contribution is -2.38. The number of nitrogens with zero attached hydrogens (tertiary/aromatic N) is 3. The van der Waals surface area contributed by atoms with Crippen LogP contribution >= 0.6 is 11.8 Å². The highest BCUT2D eigenvalue weighted by atomic mass is 32.2. The predicted octanol–water partition coefficient (Wildman–Crippen LogP) is 3.72. The van der Waals surface area contributed by atoms with Crippen molar-refractivity contribution in [1.82, 2.24) is 15.2 Å². The van der Waals surface area contributed by atoms with Crippen LogP contribution in [-0.4, -0.2) is 40.6 Å². The zero-order valence-electron chi connectivity index (χ0n) is 18.2. The number of ether oxygens (including phenoxy) is 1. The second-order valence-corrected chi connectivity index (χ2v) is 8.34. The van der Waals surface area contributed by atoms with Crippen molar-refractivity contribution >= 4 is 28.8 Å². The number of carbonyl (C=O) groups excluding carboxylic acids is 2. The summed E-state index contributed by atoms with van der Waals surface area (Å²) in [6, 6.07) is 11.2. The Hall–Kier alpha value is -3.46. The van der Waals surface area contributed by atoms with Gasteiger partial charge in [0.1, 0.15) is 5.82 Å². The molecule has 7 nitrogen and oxygen atoms in total. The summed E-state index contributed by atoms with van der Waals surface area (Å²) in [5.74, 6) is -1.22. The van der Waals surface area contributed by atoms with Crippen molar-refractivity contribution in [1.29, 1.82) is 0 Å². The van der Waals surface area contributed by atoms with Gasteiger partial charge in [-0.1, -0.05) is 36.0 Å². The maximum atomic E-state index is 14.9. The van der Waals surface area contributed by atoms with Gasteiger partial charge in [0, 0.05) is 36.1 Å². The molecule has 170 valence electrons. The summed E-state index contributed by atoms with van der Waals surface area (Å²) in [6.45, 7) is 2.15. The maximum absolute atomic E-state index is 14.9. The fourth-order valence-electron chi connectivity index (χ4n) is 3.83. The third kappa shape index (κ3) is 4.83. The molecular weight excluding hydrogens is 443 g/mol. The van der Waals surface area contributed by atoms with Gasteiger partial charge in [0.25, 0.3) is 0 Å². The smallest absolute Gasteiger partial charge is 0.338 e. The first-order valence-corrected chi connectivity index (χ1v) is 11.3. The first kappa shape index (κ1) is 22.7. The summed E-state index contributed by atoms with van der Waals surface area (Å²) in [7, 11) is 1.28. The lowest BCUT2D eigenvalue weighted by Gasteiger charge is -2.36. The van der Waals surface area contributed by atoms with Gasteiger partial charge in [-0.2, -0.15) is 0 Å². The molecule has 0 spiro atoms. The highest BCUT2D eigenvalue weighted by Crippen LogP contribution is 2.45. The summed E-state index contributed by atoms with van der Waals surface area (Å²) in [6.07, 6.45) is 2.39. The van der Waals surface area contributed by atoms with Gasteiger partial charge in [0.05, 0.1) is 30.8 Å². The van der Waals surface area contributed by atoms with E-state index in [0.29, 0.717) is 35.1 Å². The molecule has 3 heterocycles. The number of hydrogen-bond acceptors (Lipinski definition) is 7. The van der Waals surface area contributed by atoms with Gasteiger partial charge in [0.15, 0.2) is 5.17 Å². The van der Waals surface area contributed by atoms with Crippen molar-refractivity contribution in [3.63, 3.8) is 0 Å². The minimum atomic E-state index is -0.784. The monoisotopic (exact) mass is 466 g/mol. The lowest BCUT2D eigenvalue weighted by molar-refractivity contribution is -0.136. The molecule has 0 saturated carbocycles. The summed E-state index contributed by atoms with van der Waals surface area (Å²) in [5, 5.41) is 5.31. The zero-order valence-corrected chi connectivity index (χ0v) is 19.1. The van der Waals surface area contributed by atoms with E-state index in [1.54, 1.807) is 36.2 Å². The number of benzene rings is 1. The first-order valence-electron chi connectivity index (χ1n) is 10.4. The summed E-state index contributed by atoms with van der Waals surface area (Å²) >= 11 is 1.34. The predicted molar refractivity (Wildman–Crippen MR) is 124 cm³/mol. The molecule has 1 aromatic heterocycles. The van der Waals surface area contributed by atoms with E-state index in [2.05, 4.69) is 15.3 Å². The van der Waals surface area contributed by atoms with E-state index >= 15 is 0 Å². The molecule has 2 aliphatic rings. The van der Waals surface area contributed by atoms with Crippen molar-refractivity contribution in [2.75, 3.05) is 13.7 Å². The van der Waals surface area contributed by atoms with Gasteiger partial charge in [-0.15, -0.1) is 0 Å². The number of aromatic nitrogens is 1. The Balaban J connectivity index is 1.55. The number of fused-ring (bicyclic) bond motifs is 1. The van der Waals surface area contributed by atoms with E-state index < -0.39 is 17.8 Å². The number of pyridine rings is 1. The lowest BCUT2D eigenvalue weighted by atomic mass is 9.93. The number of allylic oxidation sites excluding steroid dienone is 1. The van der Waals surface area contributed by atoms with Gasteiger partial charge in [0.2, 0.25) is 5.91 Å². The second kappa shape index (κ2) is 9.99. The number of esters is 1. The number of halogens is 1. The Kier molecular flexibility index (Phi) is 6.88. The molecule has 1 unspecified atom stereocenters. The van der Waals surface area contributed by atoms with Crippen LogP contribution in [0.1, 0.15) is 30.6 Å². The Morgan fingerprint density at radius 1 is 1.21 bits per heavy atom. The molecule has 2 aliphatic heterocycles. The van der Waals surface area contributed by atoms with E-state index in [9.17, 15) is 14.0 Å². The highest BCUT2D eigenvalue weighted by molar-refractivity contribution is 8.16. The van der Waals surface area contributed by atoms with Crippen molar-refractivity contribution in [3.05, 3.63) is 88.1 Å². The number of rotatable bonds is 7. The number of amidine groups is 1. The normalized spacial score (nSPS) is 17.3. The number of aliphatic imine (C=N–C) groups is 1. The molecule has 0 bridgehead atoms. The molecular formula is C24H23FN4O3S. The molecule has 1 amide bonds. The summed E-state index contributed by atoms with van der Waals surface area (Å²) in [5.41, 5.74) is 2.55. The molecule has 4 rings (SSSR count). The number of thioether (sulfide) groups is 1. The van der Waals surface area contributed by atoms with Gasteiger partial charge in [-0.05, 0) is 30.5 Å². The van der Waals surface area contributed by atoms with Crippen LogP contribution in [0.25, 0.3) is 0 Å². The molecule has 1 aromatic carbocycles. The summed E-state index contributed by atoms with van der Waals surface area (Å²) < 4.78 is 19.8. The fraction of sp³-hybridized carbons (Fsp3) is 0.250. The van der Waals surface area contributed by atoms with Crippen molar-refractivity contribution in [2.24, 2.45) is 4.99 Å². The molecule has 9 heteroatoms. The van der Waals surface area contributed by atoms with E-state index in [4.69, 9.17) is 4.74 Å². The first-order chi connectivity index (χ1) is 16.0. The van der Waals surface area contributed by atoms with E-state index in [0.717, 1.165) is 5.69 Å². The largest absolute Gasteiger partial charge is 0.466 e. The molecule has 1 N–H and O–H groups in total. The second-order valence-electron chi connectivity index (χ2n) is 7.50. The molecule has 0 saturated heterocycles. The van der Waals surface area contributed by atoms with E-state index in [-0.39, 0.29) is 17.9 Å². The average molecular weight is 467 g/mol. The van der Waals surface area contributed by atoms with Crippen molar-refractivity contribution in [3.8, 4) is 0 Å². The van der Waals surface area contributed by atoms with Crippen LogP contribution in [0.3, 0.4) is 0 Å². The Morgan fingerprint density at radius 3 is 2.73 bits per heavy atom. The average Bonchev–Trinajstić information content (AvgIpc) is 3.20. The quantitative estimate of drug-likeness (QED) is 0.627. The van der Waals surface area contributed by atoms with Crippen LogP contribution in [-0.2, 0) is 20.7 Å². The molecule has 0 fully saturated rings. The van der Waals surface area contributed by atoms with Gasteiger partial charge in [-0.25, -0.2) is 14.2 Å². The Labute approximate surface area is 195 Å². The standard InChI is InChI=1S/C24H23FN4O3S/c1-15-21(23(31)32-2)22(18-8-3-4-9-19(18)25)29-17(14-33-24(29)28-15)13-20(30)27-12-10-16-7-5-6-11-26-16/h3-9,11,14,22H,10,12-13H2,1-2H3,(H,27,30). The van der Waals surface area contributed by atoms with E-state index in [1.165, 1.54) is 24.9 Å². The number of carbonyl (C=O) groups is 2. The van der Waals surface area contributed by atoms with Crippen LogP contribution in [0.2, 0.25) is 0 Å². The van der Waals surface area contributed by atoms with Crippen molar-refractivity contribution < 1.29 is 18.7 Å².